The van der Waals surface area contributed by atoms with Crippen LogP contribution in [0.4, 0.5) is 0 Å². The Balaban J connectivity index is 4.06. The van der Waals surface area contributed by atoms with Crippen molar-refractivity contribution in [2.45, 2.75) is 52.4 Å². The highest BCUT2D eigenvalue weighted by Crippen LogP contribution is 2.10. The first-order valence-corrected chi connectivity index (χ1v) is 8.26. The Labute approximate surface area is 143 Å². The summed E-state index contributed by atoms with van der Waals surface area (Å²) >= 11 is 0. The van der Waals surface area contributed by atoms with E-state index in [0.717, 1.165) is 25.7 Å². The molecule has 1 unspecified atom stereocenters. The van der Waals surface area contributed by atoms with Gasteiger partial charge in [-0.25, -0.2) is 4.79 Å². The smallest absolute Gasteiger partial charge is 0.333 e. The summed E-state index contributed by atoms with van der Waals surface area (Å²) in [6.45, 7) is 6.88. The highest BCUT2D eigenvalue weighted by atomic mass is 16.6. The molecule has 0 aliphatic rings. The van der Waals surface area contributed by atoms with E-state index >= 15 is 0 Å². The van der Waals surface area contributed by atoms with Gasteiger partial charge in [0.1, 0.15) is 13.2 Å². The van der Waals surface area contributed by atoms with Crippen LogP contribution < -0.4 is 0 Å². The number of rotatable bonds is 13. The molecule has 0 bridgehead atoms. The van der Waals surface area contributed by atoms with E-state index in [9.17, 15) is 14.4 Å². The van der Waals surface area contributed by atoms with E-state index in [1.165, 1.54) is 19.4 Å². The van der Waals surface area contributed by atoms with Crippen LogP contribution in [0.5, 0.6) is 0 Å². The molecule has 0 aromatic carbocycles. The Hall–Kier alpha value is -2.11. The van der Waals surface area contributed by atoms with Crippen LogP contribution in [0, 0.1) is 5.92 Å². The zero-order valence-corrected chi connectivity index (χ0v) is 14.6. The largest absolute Gasteiger partial charge is 0.481 e. The zero-order chi connectivity index (χ0) is 18.4. The molecule has 0 spiro atoms. The number of carbonyl (C=O) groups is 3. The van der Waals surface area contributed by atoms with Crippen LogP contribution in [0.1, 0.15) is 52.4 Å². The quantitative estimate of drug-likeness (QED) is 0.239. The van der Waals surface area contributed by atoms with Gasteiger partial charge in [-0.15, -0.1) is 0 Å². The van der Waals surface area contributed by atoms with E-state index < -0.39 is 23.8 Å². The summed E-state index contributed by atoms with van der Waals surface area (Å²) in [4.78, 5) is 33.9. The molecule has 0 aliphatic heterocycles. The number of ether oxygens (including phenoxy) is 2. The van der Waals surface area contributed by atoms with E-state index in [0.29, 0.717) is 0 Å². The first-order valence-electron chi connectivity index (χ1n) is 8.26. The summed E-state index contributed by atoms with van der Waals surface area (Å²) in [6, 6.07) is 0. The van der Waals surface area contributed by atoms with Gasteiger partial charge in [0, 0.05) is 5.57 Å². The first-order chi connectivity index (χ1) is 11.4. The Morgan fingerprint density at radius 1 is 1.12 bits per heavy atom. The van der Waals surface area contributed by atoms with Gasteiger partial charge in [-0.05, 0) is 19.8 Å². The van der Waals surface area contributed by atoms with Crippen LogP contribution >= 0.6 is 0 Å². The molecular weight excluding hydrogens is 312 g/mol. The summed E-state index contributed by atoms with van der Waals surface area (Å²) in [7, 11) is 0. The van der Waals surface area contributed by atoms with Crippen molar-refractivity contribution >= 4 is 17.9 Å². The zero-order valence-electron chi connectivity index (χ0n) is 14.6. The fourth-order valence-corrected chi connectivity index (χ4v) is 1.84. The van der Waals surface area contributed by atoms with Gasteiger partial charge in [0.05, 0.1) is 12.3 Å². The van der Waals surface area contributed by atoms with Crippen molar-refractivity contribution in [1.29, 1.82) is 0 Å². The normalized spacial score (nSPS) is 11.9. The van der Waals surface area contributed by atoms with Gasteiger partial charge < -0.3 is 14.6 Å². The van der Waals surface area contributed by atoms with Crippen molar-refractivity contribution in [1.82, 2.24) is 0 Å². The molecule has 0 aliphatic carbocycles. The minimum Gasteiger partial charge on any atom is -0.481 e. The maximum Gasteiger partial charge on any atom is 0.333 e. The SMILES string of the molecule is C=C(C)C(=O)OCCOC(=O)CC(C=CCCCCCC)C(=O)O. The van der Waals surface area contributed by atoms with Gasteiger partial charge >= 0.3 is 17.9 Å². The molecule has 0 aromatic heterocycles. The standard InChI is InChI=1S/C18H28O6/c1-4-5-6-7-8-9-10-15(17(20)21)13-16(19)23-11-12-24-18(22)14(2)3/h9-10,15H,2,4-8,11-13H2,1,3H3,(H,20,21). The van der Waals surface area contributed by atoms with Crippen LogP contribution in [0.2, 0.25) is 0 Å². The third-order valence-corrected chi connectivity index (χ3v) is 3.22. The highest BCUT2D eigenvalue weighted by Gasteiger charge is 2.19. The van der Waals surface area contributed by atoms with Gasteiger partial charge in [0.15, 0.2) is 0 Å². The third-order valence-electron chi connectivity index (χ3n) is 3.22. The summed E-state index contributed by atoms with van der Waals surface area (Å²) in [5, 5.41) is 9.13. The molecule has 6 nitrogen and oxygen atoms in total. The minimum absolute atomic E-state index is 0.0809. The molecule has 1 atom stereocenters. The van der Waals surface area contributed by atoms with Gasteiger partial charge in [0.25, 0.3) is 0 Å². The van der Waals surface area contributed by atoms with Crippen LogP contribution in [0.3, 0.4) is 0 Å². The van der Waals surface area contributed by atoms with Crippen LogP contribution in [-0.2, 0) is 23.9 Å². The fraction of sp³-hybridized carbons (Fsp3) is 0.611. The Morgan fingerprint density at radius 3 is 2.38 bits per heavy atom. The number of aliphatic carboxylic acids is 1. The van der Waals surface area contributed by atoms with E-state index in [-0.39, 0.29) is 25.2 Å². The van der Waals surface area contributed by atoms with Gasteiger partial charge in [0.2, 0.25) is 0 Å². The lowest BCUT2D eigenvalue weighted by Crippen LogP contribution is -2.19. The predicted molar refractivity (Wildman–Crippen MR) is 90.4 cm³/mol. The maximum atomic E-state index is 11.6. The van der Waals surface area contributed by atoms with E-state index in [1.807, 2.05) is 0 Å². The third kappa shape index (κ3) is 11.5. The number of carboxylic acids is 1. The number of carbonyl (C=O) groups excluding carboxylic acids is 2. The molecule has 24 heavy (non-hydrogen) atoms. The molecule has 1 N–H and O–H groups in total. The second-order valence-corrected chi connectivity index (χ2v) is 5.56. The van der Waals surface area contributed by atoms with Crippen LogP contribution in [0.15, 0.2) is 24.3 Å². The van der Waals surface area contributed by atoms with Crippen LogP contribution in [0.25, 0.3) is 0 Å². The van der Waals surface area contributed by atoms with Crippen molar-refractivity contribution in [2.24, 2.45) is 5.92 Å². The van der Waals surface area contributed by atoms with E-state index in [2.05, 4.69) is 13.5 Å². The van der Waals surface area contributed by atoms with Gasteiger partial charge in [-0.3, -0.25) is 9.59 Å². The molecule has 0 aromatic rings. The van der Waals surface area contributed by atoms with Crippen molar-refractivity contribution in [3.63, 3.8) is 0 Å². The first kappa shape index (κ1) is 21.9. The lowest BCUT2D eigenvalue weighted by atomic mass is 10.0. The monoisotopic (exact) mass is 340 g/mol. The van der Waals surface area contributed by atoms with Gasteiger partial charge in [-0.2, -0.15) is 0 Å². The summed E-state index contributed by atoms with van der Waals surface area (Å²) in [5.41, 5.74) is 0.261. The Kier molecular flexibility index (Phi) is 12.2. The molecular formula is C18H28O6. The fourth-order valence-electron chi connectivity index (χ4n) is 1.84. The van der Waals surface area contributed by atoms with E-state index in [4.69, 9.17) is 14.6 Å². The number of unbranched alkanes of at least 4 members (excludes halogenated alkanes) is 4. The van der Waals surface area contributed by atoms with Crippen molar-refractivity contribution in [3.8, 4) is 0 Å². The Morgan fingerprint density at radius 2 is 1.79 bits per heavy atom. The van der Waals surface area contributed by atoms with Gasteiger partial charge in [-0.1, -0.05) is 44.9 Å². The summed E-state index contributed by atoms with van der Waals surface area (Å²) < 4.78 is 9.64. The summed E-state index contributed by atoms with van der Waals surface area (Å²) in [5.74, 6) is -3.16. The lowest BCUT2D eigenvalue weighted by molar-refractivity contribution is -0.153. The average molecular weight is 340 g/mol. The van der Waals surface area contributed by atoms with Crippen molar-refractivity contribution < 1.29 is 29.0 Å². The number of allylic oxidation sites excluding steroid dienone is 1. The number of carboxylic acid groups (broad SMARTS) is 1. The topological polar surface area (TPSA) is 89.9 Å². The van der Waals surface area contributed by atoms with Crippen LogP contribution in [-0.4, -0.2) is 36.2 Å². The second kappa shape index (κ2) is 13.3. The number of esters is 2. The lowest BCUT2D eigenvalue weighted by Gasteiger charge is -2.09. The Bertz CT molecular complexity index is 452. The molecule has 0 fully saturated rings. The molecule has 0 heterocycles. The molecule has 136 valence electrons. The summed E-state index contributed by atoms with van der Waals surface area (Å²) in [6.07, 6.45) is 8.34. The highest BCUT2D eigenvalue weighted by molar-refractivity contribution is 5.86. The molecule has 0 radical (unpaired) electrons. The predicted octanol–water partition coefficient (Wildman–Crippen LogP) is 3.27. The second-order valence-electron chi connectivity index (χ2n) is 5.56. The number of hydrogen-bond acceptors (Lipinski definition) is 5. The minimum atomic E-state index is -1.06. The molecule has 0 amide bonds. The van der Waals surface area contributed by atoms with E-state index in [1.54, 1.807) is 6.08 Å². The molecule has 0 saturated heterocycles. The van der Waals surface area contributed by atoms with Crippen molar-refractivity contribution in [2.75, 3.05) is 13.2 Å². The van der Waals surface area contributed by atoms with Crippen molar-refractivity contribution in [3.05, 3.63) is 24.3 Å². The molecule has 0 rings (SSSR count). The molecule has 6 heteroatoms. The number of hydrogen-bond donors (Lipinski definition) is 1. The molecule has 0 saturated carbocycles. The maximum absolute atomic E-state index is 11.6. The average Bonchev–Trinajstić information content (AvgIpc) is 2.53.